The summed E-state index contributed by atoms with van der Waals surface area (Å²) in [4.78, 5) is 14.5. The van der Waals surface area contributed by atoms with Crippen molar-refractivity contribution >= 4 is 5.91 Å². The molecular formula is C17H25FN2O3. The summed E-state index contributed by atoms with van der Waals surface area (Å²) in [6.45, 7) is 6.83. The van der Waals surface area contributed by atoms with Crippen LogP contribution in [0.4, 0.5) is 4.39 Å². The lowest BCUT2D eigenvalue weighted by atomic mass is 10.2. The second-order valence-electron chi connectivity index (χ2n) is 5.54. The molecule has 0 spiro atoms. The lowest BCUT2D eigenvalue weighted by Gasteiger charge is -2.26. The van der Waals surface area contributed by atoms with Gasteiger partial charge in [0.25, 0.3) is 5.91 Å². The molecule has 1 atom stereocenters. The van der Waals surface area contributed by atoms with Gasteiger partial charge in [0, 0.05) is 19.6 Å². The molecule has 0 aliphatic carbocycles. The first-order valence-electron chi connectivity index (χ1n) is 8.19. The monoisotopic (exact) mass is 324 g/mol. The number of hydrogen-bond donors (Lipinski definition) is 1. The Morgan fingerprint density at radius 3 is 2.83 bits per heavy atom. The van der Waals surface area contributed by atoms with E-state index in [2.05, 4.69) is 10.2 Å². The Morgan fingerprint density at radius 1 is 1.39 bits per heavy atom. The highest BCUT2D eigenvalue weighted by atomic mass is 19.1. The molecule has 1 aromatic carbocycles. The van der Waals surface area contributed by atoms with Crippen LogP contribution in [-0.4, -0.2) is 56.3 Å². The molecule has 2 rings (SSSR count). The molecule has 0 radical (unpaired) electrons. The van der Waals surface area contributed by atoms with E-state index >= 15 is 0 Å². The van der Waals surface area contributed by atoms with Crippen LogP contribution in [0.1, 0.15) is 19.8 Å². The number of para-hydroxylation sites is 1. The molecule has 128 valence electrons. The summed E-state index contributed by atoms with van der Waals surface area (Å²) in [7, 11) is 0. The van der Waals surface area contributed by atoms with Crippen molar-refractivity contribution in [3.63, 3.8) is 0 Å². The molecular weight excluding hydrogens is 299 g/mol. The van der Waals surface area contributed by atoms with E-state index < -0.39 is 11.9 Å². The number of benzene rings is 1. The number of hydrogen-bond acceptors (Lipinski definition) is 4. The van der Waals surface area contributed by atoms with Gasteiger partial charge < -0.3 is 14.8 Å². The molecule has 6 heteroatoms. The van der Waals surface area contributed by atoms with E-state index in [1.54, 1.807) is 12.1 Å². The number of nitrogens with zero attached hydrogens (tertiary/aromatic N) is 1. The average molecular weight is 324 g/mol. The largest absolute Gasteiger partial charge is 0.478 e. The maximum Gasteiger partial charge on any atom is 0.261 e. The highest BCUT2D eigenvalue weighted by Gasteiger charge is 2.19. The SMILES string of the molecule is CC[C@H](Oc1ccccc1F)C(=O)NCCCN1CCOCC1. The van der Waals surface area contributed by atoms with E-state index in [9.17, 15) is 9.18 Å². The molecule has 1 aliphatic heterocycles. The first-order valence-corrected chi connectivity index (χ1v) is 8.19. The Bertz CT molecular complexity index is 492. The van der Waals surface area contributed by atoms with Crippen molar-refractivity contribution in [2.45, 2.75) is 25.9 Å². The van der Waals surface area contributed by atoms with Crippen molar-refractivity contribution in [2.75, 3.05) is 39.4 Å². The number of carbonyl (C=O) groups is 1. The lowest BCUT2D eigenvalue weighted by Crippen LogP contribution is -2.41. The highest BCUT2D eigenvalue weighted by Crippen LogP contribution is 2.18. The second kappa shape index (κ2) is 9.47. The third-order valence-corrected chi connectivity index (χ3v) is 3.82. The Balaban J connectivity index is 1.71. The molecule has 1 amide bonds. The maximum atomic E-state index is 13.6. The zero-order valence-electron chi connectivity index (χ0n) is 13.6. The first-order chi connectivity index (χ1) is 11.2. The van der Waals surface area contributed by atoms with Crippen molar-refractivity contribution < 1.29 is 18.7 Å². The predicted octanol–water partition coefficient (Wildman–Crippen LogP) is 1.82. The fraction of sp³-hybridized carbons (Fsp3) is 0.588. The number of rotatable bonds is 8. The number of morpholine rings is 1. The van der Waals surface area contributed by atoms with Crippen LogP contribution >= 0.6 is 0 Å². The van der Waals surface area contributed by atoms with Crippen molar-refractivity contribution in [2.24, 2.45) is 0 Å². The van der Waals surface area contributed by atoms with Crippen LogP contribution in [0, 0.1) is 5.82 Å². The van der Waals surface area contributed by atoms with E-state index in [1.165, 1.54) is 12.1 Å². The van der Waals surface area contributed by atoms with Gasteiger partial charge in [0.1, 0.15) is 0 Å². The summed E-state index contributed by atoms with van der Waals surface area (Å²) >= 11 is 0. The molecule has 1 saturated heterocycles. The summed E-state index contributed by atoms with van der Waals surface area (Å²) in [5, 5.41) is 2.87. The topological polar surface area (TPSA) is 50.8 Å². The molecule has 0 aromatic heterocycles. The lowest BCUT2D eigenvalue weighted by molar-refractivity contribution is -0.128. The molecule has 0 unspecified atom stereocenters. The number of nitrogens with one attached hydrogen (secondary N) is 1. The summed E-state index contributed by atoms with van der Waals surface area (Å²) in [5.41, 5.74) is 0. The second-order valence-corrected chi connectivity index (χ2v) is 5.54. The molecule has 1 fully saturated rings. The molecule has 1 heterocycles. The third kappa shape index (κ3) is 5.80. The minimum Gasteiger partial charge on any atom is -0.478 e. The Kier molecular flexibility index (Phi) is 7.29. The van der Waals surface area contributed by atoms with Crippen LogP contribution in [0.25, 0.3) is 0 Å². The van der Waals surface area contributed by atoms with Crippen molar-refractivity contribution in [1.29, 1.82) is 0 Å². The van der Waals surface area contributed by atoms with E-state index in [1.807, 2.05) is 6.92 Å². The normalized spacial score (nSPS) is 16.8. The van der Waals surface area contributed by atoms with Gasteiger partial charge in [-0.05, 0) is 31.5 Å². The van der Waals surface area contributed by atoms with Crippen molar-refractivity contribution in [3.05, 3.63) is 30.1 Å². The zero-order valence-corrected chi connectivity index (χ0v) is 13.6. The zero-order chi connectivity index (χ0) is 16.5. The minimum absolute atomic E-state index is 0.114. The summed E-state index contributed by atoms with van der Waals surface area (Å²) in [5.74, 6) is -0.536. The number of carbonyl (C=O) groups excluding carboxylic acids is 1. The maximum absolute atomic E-state index is 13.6. The van der Waals surface area contributed by atoms with Gasteiger partial charge in [0.05, 0.1) is 13.2 Å². The van der Waals surface area contributed by atoms with Gasteiger partial charge in [0.15, 0.2) is 17.7 Å². The van der Waals surface area contributed by atoms with Crippen LogP contribution < -0.4 is 10.1 Å². The smallest absolute Gasteiger partial charge is 0.261 e. The van der Waals surface area contributed by atoms with E-state index in [0.29, 0.717) is 13.0 Å². The number of halogens is 1. The summed E-state index contributed by atoms with van der Waals surface area (Å²) in [6, 6.07) is 6.13. The minimum atomic E-state index is -0.671. The predicted molar refractivity (Wildman–Crippen MR) is 86.0 cm³/mol. The van der Waals surface area contributed by atoms with Gasteiger partial charge in [-0.1, -0.05) is 19.1 Å². The Hall–Kier alpha value is -1.66. The fourth-order valence-corrected chi connectivity index (χ4v) is 2.47. The number of amides is 1. The van der Waals surface area contributed by atoms with Gasteiger partial charge in [-0.15, -0.1) is 0 Å². The molecule has 1 N–H and O–H groups in total. The van der Waals surface area contributed by atoms with Crippen LogP contribution in [0.5, 0.6) is 5.75 Å². The van der Waals surface area contributed by atoms with E-state index in [4.69, 9.17) is 9.47 Å². The first kappa shape index (κ1) is 17.7. The van der Waals surface area contributed by atoms with E-state index in [0.717, 1.165) is 39.3 Å². The molecule has 23 heavy (non-hydrogen) atoms. The van der Waals surface area contributed by atoms with Gasteiger partial charge in [-0.25, -0.2) is 4.39 Å². The molecule has 1 aliphatic rings. The van der Waals surface area contributed by atoms with Gasteiger partial charge in [0.2, 0.25) is 0 Å². The average Bonchev–Trinajstić information content (AvgIpc) is 2.59. The van der Waals surface area contributed by atoms with E-state index in [-0.39, 0.29) is 11.7 Å². The van der Waals surface area contributed by atoms with Crippen LogP contribution in [0.2, 0.25) is 0 Å². The molecule has 5 nitrogen and oxygen atoms in total. The summed E-state index contributed by atoms with van der Waals surface area (Å²) in [6.07, 6.45) is 0.696. The third-order valence-electron chi connectivity index (χ3n) is 3.82. The van der Waals surface area contributed by atoms with Gasteiger partial charge >= 0.3 is 0 Å². The van der Waals surface area contributed by atoms with Crippen LogP contribution in [0.15, 0.2) is 24.3 Å². The molecule has 0 saturated carbocycles. The summed E-state index contributed by atoms with van der Waals surface area (Å²) < 4.78 is 24.4. The quantitative estimate of drug-likeness (QED) is 0.741. The Morgan fingerprint density at radius 2 is 2.13 bits per heavy atom. The molecule has 0 bridgehead atoms. The van der Waals surface area contributed by atoms with Crippen LogP contribution in [0.3, 0.4) is 0 Å². The highest BCUT2D eigenvalue weighted by molar-refractivity contribution is 5.81. The number of ether oxygens (including phenoxy) is 2. The molecule has 1 aromatic rings. The van der Waals surface area contributed by atoms with Crippen molar-refractivity contribution in [1.82, 2.24) is 10.2 Å². The van der Waals surface area contributed by atoms with Crippen molar-refractivity contribution in [3.8, 4) is 5.75 Å². The Labute approximate surface area is 136 Å². The van der Waals surface area contributed by atoms with Crippen LogP contribution in [-0.2, 0) is 9.53 Å². The van der Waals surface area contributed by atoms with Gasteiger partial charge in [-0.2, -0.15) is 0 Å². The van der Waals surface area contributed by atoms with Gasteiger partial charge in [-0.3, -0.25) is 9.69 Å². The fourth-order valence-electron chi connectivity index (χ4n) is 2.47. The standard InChI is InChI=1S/C17H25FN2O3/c1-2-15(23-16-7-4-3-6-14(16)18)17(21)19-8-5-9-20-10-12-22-13-11-20/h3-4,6-7,15H,2,5,8-13H2,1H3,(H,19,21)/t15-/m0/s1.